The normalized spacial score (nSPS) is 9.82. The van der Waals surface area contributed by atoms with Crippen molar-refractivity contribution in [3.63, 3.8) is 0 Å². The molecule has 0 heterocycles. The first-order valence-corrected chi connectivity index (χ1v) is 5.11. The molecule has 0 saturated carbocycles. The van der Waals surface area contributed by atoms with Gasteiger partial charge in [-0.2, -0.15) is 0 Å². The average Bonchev–Trinajstić information content (AvgIpc) is 2.38. The highest BCUT2D eigenvalue weighted by molar-refractivity contribution is 5.92. The van der Waals surface area contributed by atoms with Crippen LogP contribution in [0.3, 0.4) is 0 Å². The van der Waals surface area contributed by atoms with Crippen molar-refractivity contribution >= 4 is 5.97 Å². The van der Waals surface area contributed by atoms with Gasteiger partial charge in [-0.25, -0.2) is 4.79 Å². The molecule has 0 aliphatic heterocycles. The maximum atomic E-state index is 11.4. The maximum Gasteiger partial charge on any atom is 0.341 e. The lowest BCUT2D eigenvalue weighted by Crippen LogP contribution is -2.06. The summed E-state index contributed by atoms with van der Waals surface area (Å²) in [5.74, 6) is 0.601. The molecule has 0 aliphatic rings. The predicted molar refractivity (Wildman–Crippen MR) is 61.7 cm³/mol. The van der Waals surface area contributed by atoms with Crippen molar-refractivity contribution in [1.29, 1.82) is 0 Å². The summed E-state index contributed by atoms with van der Waals surface area (Å²) in [7, 11) is 4.41. The van der Waals surface area contributed by atoms with Crippen LogP contribution in [0.25, 0.3) is 0 Å². The van der Waals surface area contributed by atoms with Gasteiger partial charge in [0.05, 0.1) is 20.8 Å². The molecule has 0 spiro atoms. The second-order valence-electron chi connectivity index (χ2n) is 3.19. The summed E-state index contributed by atoms with van der Waals surface area (Å²) < 4.78 is 20.0. The molecule has 5 heteroatoms. The van der Waals surface area contributed by atoms with Gasteiger partial charge in [0.15, 0.2) is 0 Å². The molecule has 0 aliphatic carbocycles. The van der Waals surface area contributed by atoms with Crippen LogP contribution in [-0.2, 0) is 9.47 Å². The highest BCUT2D eigenvalue weighted by Crippen LogP contribution is 2.25. The van der Waals surface area contributed by atoms with Crippen molar-refractivity contribution in [3.05, 3.63) is 23.8 Å². The summed E-state index contributed by atoms with van der Waals surface area (Å²) in [5.41, 5.74) is 0.370. The highest BCUT2D eigenvalue weighted by atomic mass is 16.5. The molecule has 0 aromatic heterocycles. The minimum absolute atomic E-state index is 0.370. The van der Waals surface area contributed by atoms with Crippen LogP contribution >= 0.6 is 0 Å². The summed E-state index contributed by atoms with van der Waals surface area (Å²) in [6.45, 7) is 0.943. The molecule has 1 aromatic rings. The van der Waals surface area contributed by atoms with Gasteiger partial charge in [0.2, 0.25) is 0 Å². The van der Waals surface area contributed by atoms with Crippen LogP contribution in [0.1, 0.15) is 10.4 Å². The number of benzene rings is 1. The van der Waals surface area contributed by atoms with Crippen LogP contribution in [0.5, 0.6) is 11.5 Å². The van der Waals surface area contributed by atoms with Crippen molar-refractivity contribution in [3.8, 4) is 11.5 Å². The Labute approximate surface area is 100 Å². The first-order valence-electron chi connectivity index (χ1n) is 5.11. The third-order valence-electron chi connectivity index (χ3n) is 2.13. The molecule has 0 bridgehead atoms. The number of hydrogen-bond acceptors (Lipinski definition) is 5. The van der Waals surface area contributed by atoms with Crippen LogP contribution in [0, 0.1) is 0 Å². The molecule has 0 unspecified atom stereocenters. The Bertz CT molecular complexity index is 375. The number of methoxy groups -OCH3 is 3. The van der Waals surface area contributed by atoms with Crippen LogP contribution in [0.4, 0.5) is 0 Å². The van der Waals surface area contributed by atoms with Gasteiger partial charge in [0, 0.05) is 13.2 Å². The maximum absolute atomic E-state index is 11.4. The van der Waals surface area contributed by atoms with Gasteiger partial charge in [-0.3, -0.25) is 0 Å². The molecule has 0 atom stereocenters. The molecule has 0 fully saturated rings. The fourth-order valence-corrected chi connectivity index (χ4v) is 1.28. The Morgan fingerprint density at radius 3 is 2.53 bits per heavy atom. The van der Waals surface area contributed by atoms with E-state index in [-0.39, 0.29) is 0 Å². The lowest BCUT2D eigenvalue weighted by Gasteiger charge is -2.10. The molecular formula is C12H16O5. The van der Waals surface area contributed by atoms with Crippen LogP contribution in [0.2, 0.25) is 0 Å². The SMILES string of the molecule is COCCOc1ccc(C(=O)OC)c(OC)c1. The van der Waals surface area contributed by atoms with E-state index in [1.54, 1.807) is 25.3 Å². The Hall–Kier alpha value is -1.75. The molecule has 0 N–H and O–H groups in total. The first kappa shape index (κ1) is 13.3. The minimum atomic E-state index is -0.440. The Balaban J connectivity index is 2.81. The molecule has 0 radical (unpaired) electrons. The van der Waals surface area contributed by atoms with Crippen molar-refractivity contribution in [2.45, 2.75) is 0 Å². The van der Waals surface area contributed by atoms with Crippen LogP contribution in [0.15, 0.2) is 18.2 Å². The van der Waals surface area contributed by atoms with E-state index in [1.165, 1.54) is 14.2 Å². The third kappa shape index (κ3) is 3.64. The lowest BCUT2D eigenvalue weighted by atomic mass is 10.2. The number of carbonyl (C=O) groups is 1. The van der Waals surface area contributed by atoms with E-state index >= 15 is 0 Å². The number of esters is 1. The molecule has 5 nitrogen and oxygen atoms in total. The van der Waals surface area contributed by atoms with Crippen molar-refractivity contribution in [2.75, 3.05) is 34.5 Å². The Morgan fingerprint density at radius 2 is 1.94 bits per heavy atom. The average molecular weight is 240 g/mol. The summed E-state index contributed by atoms with van der Waals surface area (Å²) in [4.78, 5) is 11.4. The zero-order valence-corrected chi connectivity index (χ0v) is 10.2. The van der Waals surface area contributed by atoms with E-state index in [9.17, 15) is 4.79 Å². The monoisotopic (exact) mass is 240 g/mol. The molecule has 94 valence electrons. The quantitative estimate of drug-likeness (QED) is 0.557. The van der Waals surface area contributed by atoms with E-state index in [2.05, 4.69) is 4.74 Å². The fourth-order valence-electron chi connectivity index (χ4n) is 1.28. The largest absolute Gasteiger partial charge is 0.496 e. The van der Waals surface area contributed by atoms with Gasteiger partial charge < -0.3 is 18.9 Å². The van der Waals surface area contributed by atoms with Gasteiger partial charge in [-0.1, -0.05) is 0 Å². The van der Waals surface area contributed by atoms with Crippen molar-refractivity contribution in [1.82, 2.24) is 0 Å². The first-order chi connectivity index (χ1) is 8.22. The van der Waals surface area contributed by atoms with Gasteiger partial charge in [-0.15, -0.1) is 0 Å². The number of hydrogen-bond donors (Lipinski definition) is 0. The van der Waals surface area contributed by atoms with E-state index in [0.29, 0.717) is 30.3 Å². The number of carbonyl (C=O) groups excluding carboxylic acids is 1. The highest BCUT2D eigenvalue weighted by Gasteiger charge is 2.13. The van der Waals surface area contributed by atoms with Gasteiger partial charge >= 0.3 is 5.97 Å². The summed E-state index contributed by atoms with van der Waals surface area (Å²) in [6, 6.07) is 4.93. The minimum Gasteiger partial charge on any atom is -0.496 e. The number of ether oxygens (including phenoxy) is 4. The second-order valence-corrected chi connectivity index (χ2v) is 3.19. The molecule has 0 saturated heterocycles. The summed E-state index contributed by atoms with van der Waals surface area (Å²) in [5, 5.41) is 0. The zero-order chi connectivity index (χ0) is 12.7. The fraction of sp³-hybridized carbons (Fsp3) is 0.417. The smallest absolute Gasteiger partial charge is 0.341 e. The topological polar surface area (TPSA) is 54.0 Å². The predicted octanol–water partition coefficient (Wildman–Crippen LogP) is 1.51. The molecular weight excluding hydrogens is 224 g/mol. The second kappa shape index (κ2) is 6.75. The van der Waals surface area contributed by atoms with E-state index in [1.807, 2.05) is 0 Å². The van der Waals surface area contributed by atoms with Crippen LogP contribution in [-0.4, -0.2) is 40.5 Å². The van der Waals surface area contributed by atoms with E-state index < -0.39 is 5.97 Å². The van der Waals surface area contributed by atoms with Gasteiger partial charge in [0.25, 0.3) is 0 Å². The van der Waals surface area contributed by atoms with Crippen LogP contribution < -0.4 is 9.47 Å². The molecule has 17 heavy (non-hydrogen) atoms. The Morgan fingerprint density at radius 1 is 1.18 bits per heavy atom. The molecule has 1 aromatic carbocycles. The molecule has 1 rings (SSSR count). The Kier molecular flexibility index (Phi) is 5.29. The number of rotatable bonds is 6. The third-order valence-corrected chi connectivity index (χ3v) is 2.13. The summed E-state index contributed by atoms with van der Waals surface area (Å²) >= 11 is 0. The standard InChI is InChI=1S/C12H16O5/c1-14-6-7-17-9-4-5-10(12(13)16-3)11(8-9)15-2/h4-5,8H,6-7H2,1-3H3. The van der Waals surface area contributed by atoms with Crippen molar-refractivity contribution < 1.29 is 23.7 Å². The van der Waals surface area contributed by atoms with Gasteiger partial charge in [0.1, 0.15) is 23.7 Å². The van der Waals surface area contributed by atoms with E-state index in [0.717, 1.165) is 0 Å². The van der Waals surface area contributed by atoms with Crippen molar-refractivity contribution in [2.24, 2.45) is 0 Å². The molecule has 0 amide bonds. The summed E-state index contributed by atoms with van der Waals surface area (Å²) in [6.07, 6.45) is 0. The van der Waals surface area contributed by atoms with E-state index in [4.69, 9.17) is 14.2 Å². The lowest BCUT2D eigenvalue weighted by molar-refractivity contribution is 0.0597. The zero-order valence-electron chi connectivity index (χ0n) is 10.2. The van der Waals surface area contributed by atoms with Gasteiger partial charge in [-0.05, 0) is 12.1 Å².